The molecule has 1 heterocycles. The van der Waals surface area contributed by atoms with Crippen molar-refractivity contribution in [2.75, 3.05) is 51.5 Å². The van der Waals surface area contributed by atoms with E-state index in [4.69, 9.17) is 9.47 Å². The monoisotopic (exact) mass is 251 g/mol. The topological polar surface area (TPSA) is 64.6 Å². The first-order chi connectivity index (χ1) is 7.64. The number of hydrogen-bond acceptors (Lipinski definition) is 5. The average molecular weight is 251 g/mol. The van der Waals surface area contributed by atoms with Crippen LogP contribution < -0.4 is 5.32 Å². The van der Waals surface area contributed by atoms with Crippen LogP contribution in [0.15, 0.2) is 0 Å². The fourth-order valence-electron chi connectivity index (χ4n) is 1.73. The van der Waals surface area contributed by atoms with E-state index in [9.17, 15) is 8.42 Å². The fraction of sp³-hybridized carbons (Fsp3) is 1.00. The van der Waals surface area contributed by atoms with Crippen LogP contribution in [0.3, 0.4) is 0 Å². The molecular weight excluding hydrogens is 230 g/mol. The minimum atomic E-state index is -2.74. The van der Waals surface area contributed by atoms with Crippen molar-refractivity contribution in [3.8, 4) is 0 Å². The van der Waals surface area contributed by atoms with E-state index in [1.54, 1.807) is 7.11 Å². The largest absolute Gasteiger partial charge is 0.382 e. The summed E-state index contributed by atoms with van der Waals surface area (Å²) in [4.78, 5) is 0. The molecule has 1 rings (SSSR count). The number of methoxy groups -OCH3 is 1. The molecule has 16 heavy (non-hydrogen) atoms. The van der Waals surface area contributed by atoms with E-state index in [-0.39, 0.29) is 5.92 Å². The lowest BCUT2D eigenvalue weighted by molar-refractivity contribution is 0.0718. The molecule has 0 aromatic heterocycles. The molecule has 1 saturated heterocycles. The zero-order valence-corrected chi connectivity index (χ0v) is 10.6. The molecule has 1 atom stereocenters. The first-order valence-electron chi connectivity index (χ1n) is 5.62. The normalized spacial score (nSPS) is 23.7. The molecule has 1 unspecified atom stereocenters. The quantitative estimate of drug-likeness (QED) is 0.599. The molecule has 1 fully saturated rings. The minimum absolute atomic E-state index is 0.281. The second-order valence-corrected chi connectivity index (χ2v) is 6.31. The van der Waals surface area contributed by atoms with Crippen molar-refractivity contribution < 1.29 is 17.9 Å². The predicted molar refractivity (Wildman–Crippen MR) is 62.3 cm³/mol. The van der Waals surface area contributed by atoms with Crippen molar-refractivity contribution in [2.24, 2.45) is 5.92 Å². The Labute approximate surface area is 97.4 Å². The Kier molecular flexibility index (Phi) is 6.26. The molecule has 0 amide bonds. The number of sulfone groups is 1. The minimum Gasteiger partial charge on any atom is -0.382 e. The average Bonchev–Trinajstić information content (AvgIpc) is 2.57. The van der Waals surface area contributed by atoms with Crippen LogP contribution >= 0.6 is 0 Å². The highest BCUT2D eigenvalue weighted by Crippen LogP contribution is 2.16. The Morgan fingerprint density at radius 1 is 1.31 bits per heavy atom. The Balaban J connectivity index is 1.92. The molecule has 1 N–H and O–H groups in total. The van der Waals surface area contributed by atoms with E-state index in [2.05, 4.69) is 5.32 Å². The van der Waals surface area contributed by atoms with Gasteiger partial charge in [0.2, 0.25) is 0 Å². The molecule has 1 aliphatic heterocycles. The second-order valence-electron chi connectivity index (χ2n) is 4.08. The number of ether oxygens (including phenoxy) is 2. The molecule has 0 aromatic carbocycles. The molecule has 0 saturated carbocycles. The molecule has 0 aromatic rings. The summed E-state index contributed by atoms with van der Waals surface area (Å²) >= 11 is 0. The zero-order chi connectivity index (χ0) is 11.9. The van der Waals surface area contributed by atoms with Gasteiger partial charge in [0.1, 0.15) is 0 Å². The highest BCUT2D eigenvalue weighted by Gasteiger charge is 2.27. The van der Waals surface area contributed by atoms with Gasteiger partial charge in [-0.2, -0.15) is 0 Å². The predicted octanol–water partition coefficient (Wildman–Crippen LogP) is -0.326. The van der Waals surface area contributed by atoms with Gasteiger partial charge in [-0.05, 0) is 18.9 Å². The van der Waals surface area contributed by atoms with Crippen LogP contribution in [0.2, 0.25) is 0 Å². The van der Waals surface area contributed by atoms with Gasteiger partial charge in [0.25, 0.3) is 0 Å². The molecule has 6 heteroatoms. The van der Waals surface area contributed by atoms with Crippen molar-refractivity contribution in [3.05, 3.63) is 0 Å². The summed E-state index contributed by atoms with van der Waals surface area (Å²) < 4.78 is 32.5. The van der Waals surface area contributed by atoms with Gasteiger partial charge in [-0.3, -0.25) is 0 Å². The van der Waals surface area contributed by atoms with E-state index in [1.807, 2.05) is 0 Å². The van der Waals surface area contributed by atoms with Crippen LogP contribution in [0.5, 0.6) is 0 Å². The first-order valence-corrected chi connectivity index (χ1v) is 7.44. The Morgan fingerprint density at radius 2 is 2.12 bits per heavy atom. The van der Waals surface area contributed by atoms with Gasteiger partial charge in [0.05, 0.1) is 31.3 Å². The Morgan fingerprint density at radius 3 is 2.75 bits per heavy atom. The summed E-state index contributed by atoms with van der Waals surface area (Å²) in [5.74, 6) is 0.970. The van der Waals surface area contributed by atoms with Crippen molar-refractivity contribution in [2.45, 2.75) is 6.42 Å². The van der Waals surface area contributed by atoms with E-state index >= 15 is 0 Å². The number of rotatable bonds is 8. The maximum absolute atomic E-state index is 11.2. The van der Waals surface area contributed by atoms with Gasteiger partial charge >= 0.3 is 0 Å². The highest BCUT2D eigenvalue weighted by atomic mass is 32.2. The number of hydrogen-bond donors (Lipinski definition) is 1. The van der Waals surface area contributed by atoms with Gasteiger partial charge in [-0.15, -0.1) is 0 Å². The van der Waals surface area contributed by atoms with Gasteiger partial charge < -0.3 is 14.8 Å². The highest BCUT2D eigenvalue weighted by molar-refractivity contribution is 7.91. The number of nitrogens with one attached hydrogen (secondary N) is 1. The van der Waals surface area contributed by atoms with Gasteiger partial charge in [0.15, 0.2) is 9.84 Å². The van der Waals surface area contributed by atoms with E-state index in [1.165, 1.54) is 0 Å². The standard InChI is InChI=1S/C10H21NO4S/c1-14-5-6-15-4-3-11-8-10-2-7-16(12,13)9-10/h10-11H,2-9H2,1H3. The van der Waals surface area contributed by atoms with Crippen molar-refractivity contribution >= 4 is 9.84 Å². The maximum Gasteiger partial charge on any atom is 0.150 e. The summed E-state index contributed by atoms with van der Waals surface area (Å²) in [6.45, 7) is 3.40. The maximum atomic E-state index is 11.2. The van der Waals surface area contributed by atoms with Crippen LogP contribution in [0.4, 0.5) is 0 Å². The van der Waals surface area contributed by atoms with Crippen molar-refractivity contribution in [3.63, 3.8) is 0 Å². The molecule has 1 aliphatic rings. The Bertz CT molecular complexity index is 279. The molecule has 5 nitrogen and oxygen atoms in total. The van der Waals surface area contributed by atoms with Gasteiger partial charge in [-0.1, -0.05) is 0 Å². The fourth-order valence-corrected chi connectivity index (χ4v) is 3.59. The van der Waals surface area contributed by atoms with E-state index in [0.717, 1.165) is 19.5 Å². The first kappa shape index (κ1) is 13.9. The summed E-state index contributed by atoms with van der Waals surface area (Å²) in [6.07, 6.45) is 0.792. The van der Waals surface area contributed by atoms with E-state index < -0.39 is 9.84 Å². The molecule has 0 spiro atoms. The van der Waals surface area contributed by atoms with E-state index in [0.29, 0.717) is 31.3 Å². The molecule has 96 valence electrons. The van der Waals surface area contributed by atoms with Crippen molar-refractivity contribution in [1.29, 1.82) is 0 Å². The van der Waals surface area contributed by atoms with Crippen LogP contribution in [0, 0.1) is 5.92 Å². The van der Waals surface area contributed by atoms with Gasteiger partial charge in [-0.25, -0.2) is 8.42 Å². The van der Waals surface area contributed by atoms with Crippen LogP contribution in [0.1, 0.15) is 6.42 Å². The lowest BCUT2D eigenvalue weighted by Crippen LogP contribution is -2.27. The lowest BCUT2D eigenvalue weighted by Gasteiger charge is -2.09. The molecule has 0 radical (unpaired) electrons. The Hall–Kier alpha value is -0.170. The van der Waals surface area contributed by atoms with Crippen LogP contribution in [0.25, 0.3) is 0 Å². The molecular formula is C10H21NO4S. The lowest BCUT2D eigenvalue weighted by atomic mass is 10.1. The van der Waals surface area contributed by atoms with Crippen LogP contribution in [-0.2, 0) is 19.3 Å². The third-order valence-corrected chi connectivity index (χ3v) is 4.45. The SMILES string of the molecule is COCCOCCNCC1CCS(=O)(=O)C1. The zero-order valence-electron chi connectivity index (χ0n) is 9.78. The molecule has 0 bridgehead atoms. The third-order valence-electron chi connectivity index (χ3n) is 2.61. The summed E-state index contributed by atoms with van der Waals surface area (Å²) in [5.41, 5.74) is 0. The van der Waals surface area contributed by atoms with Crippen molar-refractivity contribution in [1.82, 2.24) is 5.32 Å². The smallest absolute Gasteiger partial charge is 0.150 e. The molecule has 0 aliphatic carbocycles. The summed E-state index contributed by atoms with van der Waals surface area (Å²) in [6, 6.07) is 0. The third kappa shape index (κ3) is 5.79. The van der Waals surface area contributed by atoms with Gasteiger partial charge in [0, 0.05) is 13.7 Å². The summed E-state index contributed by atoms with van der Waals surface area (Å²) in [7, 11) is -1.10. The summed E-state index contributed by atoms with van der Waals surface area (Å²) in [5, 5.41) is 3.21. The van der Waals surface area contributed by atoms with Crippen LogP contribution in [-0.4, -0.2) is 59.9 Å². The second kappa shape index (κ2) is 7.21.